The number of aromatic nitrogens is 1. The number of anilines is 1. The van der Waals surface area contributed by atoms with Crippen LogP contribution in [-0.4, -0.2) is 24.7 Å². The standard InChI is InChI=1S/C16H17ClN2O/c1-12-3-2-4-16(18-12)19-9-10-20-15(11-19)13-5-7-14(17)8-6-13/h2-8,15H,9-11H2,1H3. The fourth-order valence-electron chi connectivity index (χ4n) is 2.44. The molecule has 0 spiro atoms. The van der Waals surface area contributed by atoms with Crippen molar-refractivity contribution in [2.45, 2.75) is 13.0 Å². The Morgan fingerprint density at radius 3 is 2.75 bits per heavy atom. The van der Waals surface area contributed by atoms with E-state index in [0.29, 0.717) is 6.61 Å². The van der Waals surface area contributed by atoms with Gasteiger partial charge in [-0.2, -0.15) is 0 Å². The van der Waals surface area contributed by atoms with Gasteiger partial charge in [0, 0.05) is 23.8 Å². The molecule has 0 radical (unpaired) electrons. The summed E-state index contributed by atoms with van der Waals surface area (Å²) in [6.07, 6.45) is 0.0725. The molecule has 0 N–H and O–H groups in total. The van der Waals surface area contributed by atoms with E-state index in [4.69, 9.17) is 16.3 Å². The summed E-state index contributed by atoms with van der Waals surface area (Å²) in [5, 5.41) is 0.752. The van der Waals surface area contributed by atoms with Gasteiger partial charge >= 0.3 is 0 Å². The minimum atomic E-state index is 0.0725. The zero-order valence-corrected chi connectivity index (χ0v) is 12.2. The van der Waals surface area contributed by atoms with Gasteiger partial charge in [0.15, 0.2) is 0 Å². The third-order valence-electron chi connectivity index (χ3n) is 3.51. The van der Waals surface area contributed by atoms with Crippen LogP contribution in [0.4, 0.5) is 5.82 Å². The van der Waals surface area contributed by atoms with Gasteiger partial charge in [0.25, 0.3) is 0 Å². The first-order valence-electron chi connectivity index (χ1n) is 6.78. The first-order valence-corrected chi connectivity index (χ1v) is 7.16. The summed E-state index contributed by atoms with van der Waals surface area (Å²) >= 11 is 5.93. The van der Waals surface area contributed by atoms with Crippen molar-refractivity contribution in [3.63, 3.8) is 0 Å². The topological polar surface area (TPSA) is 25.4 Å². The highest BCUT2D eigenvalue weighted by molar-refractivity contribution is 6.30. The van der Waals surface area contributed by atoms with E-state index in [1.807, 2.05) is 43.3 Å². The Labute approximate surface area is 124 Å². The fraction of sp³-hybridized carbons (Fsp3) is 0.312. The van der Waals surface area contributed by atoms with Crippen LogP contribution in [0.15, 0.2) is 42.5 Å². The largest absolute Gasteiger partial charge is 0.370 e. The smallest absolute Gasteiger partial charge is 0.128 e. The Morgan fingerprint density at radius 1 is 1.20 bits per heavy atom. The van der Waals surface area contributed by atoms with Gasteiger partial charge in [-0.05, 0) is 36.8 Å². The third-order valence-corrected chi connectivity index (χ3v) is 3.76. The zero-order valence-electron chi connectivity index (χ0n) is 11.4. The van der Waals surface area contributed by atoms with Crippen molar-refractivity contribution < 1.29 is 4.74 Å². The second kappa shape index (κ2) is 5.81. The van der Waals surface area contributed by atoms with Crippen LogP contribution in [0.3, 0.4) is 0 Å². The first kappa shape index (κ1) is 13.4. The molecule has 4 heteroatoms. The second-order valence-electron chi connectivity index (χ2n) is 4.99. The summed E-state index contributed by atoms with van der Waals surface area (Å²) in [5.74, 6) is 1.02. The predicted octanol–water partition coefficient (Wildman–Crippen LogP) is 3.62. The molecular weight excluding hydrogens is 272 g/mol. The van der Waals surface area contributed by atoms with Gasteiger partial charge in [-0.1, -0.05) is 29.8 Å². The highest BCUT2D eigenvalue weighted by atomic mass is 35.5. The van der Waals surface area contributed by atoms with Gasteiger partial charge in [-0.3, -0.25) is 0 Å². The van der Waals surface area contributed by atoms with E-state index in [9.17, 15) is 0 Å². The fourth-order valence-corrected chi connectivity index (χ4v) is 2.57. The van der Waals surface area contributed by atoms with Crippen LogP contribution in [0.5, 0.6) is 0 Å². The highest BCUT2D eigenvalue weighted by Gasteiger charge is 2.22. The molecule has 1 aromatic heterocycles. The van der Waals surface area contributed by atoms with Crippen molar-refractivity contribution in [3.05, 3.63) is 58.7 Å². The second-order valence-corrected chi connectivity index (χ2v) is 5.43. The lowest BCUT2D eigenvalue weighted by molar-refractivity contribution is 0.0395. The van der Waals surface area contributed by atoms with Gasteiger partial charge in [0.1, 0.15) is 11.9 Å². The molecule has 2 heterocycles. The van der Waals surface area contributed by atoms with Crippen molar-refractivity contribution in [2.75, 3.05) is 24.6 Å². The molecule has 0 saturated carbocycles. The number of hydrogen-bond donors (Lipinski definition) is 0. The SMILES string of the molecule is Cc1cccc(N2CCOC(c3ccc(Cl)cc3)C2)n1. The number of morpholine rings is 1. The predicted molar refractivity (Wildman–Crippen MR) is 81.3 cm³/mol. The van der Waals surface area contributed by atoms with Crippen molar-refractivity contribution in [2.24, 2.45) is 0 Å². The third kappa shape index (κ3) is 2.94. The van der Waals surface area contributed by atoms with Gasteiger partial charge in [-0.15, -0.1) is 0 Å². The molecule has 3 nitrogen and oxygen atoms in total. The normalized spacial score (nSPS) is 19.1. The maximum absolute atomic E-state index is 5.93. The van der Waals surface area contributed by atoms with Crippen LogP contribution >= 0.6 is 11.6 Å². The van der Waals surface area contributed by atoms with Crippen molar-refractivity contribution in [1.29, 1.82) is 0 Å². The molecule has 1 saturated heterocycles. The molecule has 104 valence electrons. The van der Waals surface area contributed by atoms with E-state index in [2.05, 4.69) is 16.0 Å². The molecule has 1 fully saturated rings. The zero-order chi connectivity index (χ0) is 13.9. The monoisotopic (exact) mass is 288 g/mol. The number of benzene rings is 1. The minimum Gasteiger partial charge on any atom is -0.370 e. The van der Waals surface area contributed by atoms with Gasteiger partial charge in [-0.25, -0.2) is 4.98 Å². The lowest BCUT2D eigenvalue weighted by Crippen LogP contribution is -2.38. The average Bonchev–Trinajstić information content (AvgIpc) is 2.48. The molecule has 1 aliphatic heterocycles. The maximum atomic E-state index is 5.93. The molecule has 1 unspecified atom stereocenters. The van der Waals surface area contributed by atoms with Crippen LogP contribution in [0.2, 0.25) is 5.02 Å². The molecule has 20 heavy (non-hydrogen) atoms. The number of nitrogens with zero attached hydrogens (tertiary/aromatic N) is 2. The summed E-state index contributed by atoms with van der Waals surface area (Å²) in [4.78, 5) is 6.86. The molecule has 0 aliphatic carbocycles. The van der Waals surface area contributed by atoms with E-state index < -0.39 is 0 Å². The van der Waals surface area contributed by atoms with Crippen molar-refractivity contribution in [3.8, 4) is 0 Å². The molecule has 1 aromatic carbocycles. The number of halogens is 1. The minimum absolute atomic E-state index is 0.0725. The van der Waals surface area contributed by atoms with E-state index in [0.717, 1.165) is 35.2 Å². The Kier molecular flexibility index (Phi) is 3.90. The molecule has 0 bridgehead atoms. The van der Waals surface area contributed by atoms with Gasteiger partial charge < -0.3 is 9.64 Å². The summed E-state index contributed by atoms with van der Waals surface area (Å²) in [6.45, 7) is 4.42. The van der Waals surface area contributed by atoms with Crippen LogP contribution in [0.1, 0.15) is 17.4 Å². The van der Waals surface area contributed by atoms with Gasteiger partial charge in [0.2, 0.25) is 0 Å². The summed E-state index contributed by atoms with van der Waals surface area (Å²) in [7, 11) is 0. The molecule has 1 aliphatic rings. The van der Waals surface area contributed by atoms with Crippen molar-refractivity contribution in [1.82, 2.24) is 4.98 Å². The average molecular weight is 289 g/mol. The van der Waals surface area contributed by atoms with E-state index in [1.54, 1.807) is 0 Å². The molecule has 3 rings (SSSR count). The Hall–Kier alpha value is -1.58. The molecule has 2 aromatic rings. The number of ether oxygens (including phenoxy) is 1. The quantitative estimate of drug-likeness (QED) is 0.844. The Morgan fingerprint density at radius 2 is 2.00 bits per heavy atom. The lowest BCUT2D eigenvalue weighted by Gasteiger charge is -2.34. The Balaban J connectivity index is 1.78. The number of hydrogen-bond acceptors (Lipinski definition) is 3. The maximum Gasteiger partial charge on any atom is 0.128 e. The first-order chi connectivity index (χ1) is 9.72. The van der Waals surface area contributed by atoms with Crippen LogP contribution in [0.25, 0.3) is 0 Å². The highest BCUT2D eigenvalue weighted by Crippen LogP contribution is 2.26. The molecule has 1 atom stereocenters. The van der Waals surface area contributed by atoms with E-state index in [1.165, 1.54) is 0 Å². The Bertz CT molecular complexity index is 585. The summed E-state index contributed by atoms with van der Waals surface area (Å²) in [6, 6.07) is 14.0. The molecular formula is C16H17ClN2O. The number of pyridine rings is 1. The van der Waals surface area contributed by atoms with E-state index in [-0.39, 0.29) is 6.10 Å². The van der Waals surface area contributed by atoms with Crippen LogP contribution in [0, 0.1) is 6.92 Å². The van der Waals surface area contributed by atoms with Crippen molar-refractivity contribution >= 4 is 17.4 Å². The number of rotatable bonds is 2. The van der Waals surface area contributed by atoms with E-state index >= 15 is 0 Å². The van der Waals surface area contributed by atoms with Gasteiger partial charge in [0.05, 0.1) is 6.61 Å². The van der Waals surface area contributed by atoms with Crippen LogP contribution < -0.4 is 4.90 Å². The molecule has 0 amide bonds. The summed E-state index contributed by atoms with van der Waals surface area (Å²) in [5.41, 5.74) is 2.20. The van der Waals surface area contributed by atoms with Crippen LogP contribution in [-0.2, 0) is 4.74 Å². The summed E-state index contributed by atoms with van der Waals surface area (Å²) < 4.78 is 5.87. The number of aryl methyl sites for hydroxylation is 1. The lowest BCUT2D eigenvalue weighted by atomic mass is 10.1.